The second kappa shape index (κ2) is 3.23. The van der Waals surface area contributed by atoms with Crippen molar-refractivity contribution in [1.29, 1.82) is 0 Å². The van der Waals surface area contributed by atoms with Crippen LogP contribution in [0.25, 0.3) is 5.69 Å². The van der Waals surface area contributed by atoms with Gasteiger partial charge in [-0.2, -0.15) is 5.10 Å². The minimum Gasteiger partial charge on any atom is -0.508 e. The molecule has 0 radical (unpaired) electrons. The van der Waals surface area contributed by atoms with Gasteiger partial charge in [0.05, 0.1) is 17.6 Å². The first-order valence-electron chi connectivity index (χ1n) is 3.97. The maximum atomic E-state index is 9.09. The molecule has 0 amide bonds. The van der Waals surface area contributed by atoms with Crippen molar-refractivity contribution in [2.45, 2.75) is 0 Å². The van der Waals surface area contributed by atoms with Crippen molar-refractivity contribution < 1.29 is 5.11 Å². The highest BCUT2D eigenvalue weighted by Crippen LogP contribution is 2.22. The number of nitrogens with zero attached hydrogens (tertiary/aromatic N) is 2. The molecule has 1 heterocycles. The Balaban J connectivity index is 2.49. The van der Waals surface area contributed by atoms with E-state index in [0.717, 1.165) is 5.69 Å². The van der Waals surface area contributed by atoms with Crippen LogP contribution >= 0.6 is 11.6 Å². The summed E-state index contributed by atoms with van der Waals surface area (Å²) in [5.74, 6) is 0.199. The molecule has 3 N–H and O–H groups in total. The Kier molecular flexibility index (Phi) is 2.05. The molecule has 4 nitrogen and oxygen atoms in total. The molecular formula is C9H8ClN3O. The van der Waals surface area contributed by atoms with E-state index in [0.29, 0.717) is 10.8 Å². The summed E-state index contributed by atoms with van der Waals surface area (Å²) in [6.45, 7) is 0. The van der Waals surface area contributed by atoms with Gasteiger partial charge in [-0.1, -0.05) is 11.6 Å². The van der Waals surface area contributed by atoms with E-state index in [1.54, 1.807) is 24.3 Å². The van der Waals surface area contributed by atoms with Gasteiger partial charge in [-0.15, -0.1) is 0 Å². The number of aromatic nitrogens is 2. The predicted octanol–water partition coefficient (Wildman–Crippen LogP) is 1.81. The monoisotopic (exact) mass is 209 g/mol. The first-order valence-corrected chi connectivity index (χ1v) is 4.34. The highest BCUT2D eigenvalue weighted by Gasteiger charge is 2.06. The van der Waals surface area contributed by atoms with Gasteiger partial charge in [0.25, 0.3) is 0 Å². The number of hydrogen-bond acceptors (Lipinski definition) is 3. The van der Waals surface area contributed by atoms with Crippen molar-refractivity contribution in [3.05, 3.63) is 35.6 Å². The quantitative estimate of drug-likeness (QED) is 0.753. The van der Waals surface area contributed by atoms with Crippen molar-refractivity contribution in [3.63, 3.8) is 0 Å². The van der Waals surface area contributed by atoms with E-state index in [1.165, 1.54) is 10.9 Å². The Morgan fingerprint density at radius 2 is 1.93 bits per heavy atom. The summed E-state index contributed by atoms with van der Waals surface area (Å²) in [6, 6.07) is 6.52. The lowest BCUT2D eigenvalue weighted by Gasteiger charge is -2.02. The average molecular weight is 210 g/mol. The maximum absolute atomic E-state index is 9.09. The van der Waals surface area contributed by atoms with Gasteiger partial charge in [-0.3, -0.25) is 0 Å². The molecule has 5 heteroatoms. The van der Waals surface area contributed by atoms with Crippen LogP contribution in [0.3, 0.4) is 0 Å². The Labute approximate surface area is 85.5 Å². The number of halogens is 1. The average Bonchev–Trinajstić information content (AvgIpc) is 2.50. The SMILES string of the molecule is Nc1cnn(-c2ccc(O)cc2)c1Cl. The number of aromatic hydroxyl groups is 1. The summed E-state index contributed by atoms with van der Waals surface area (Å²) in [7, 11) is 0. The number of hydrogen-bond donors (Lipinski definition) is 2. The van der Waals surface area contributed by atoms with Gasteiger partial charge in [0.2, 0.25) is 0 Å². The van der Waals surface area contributed by atoms with Crippen LogP contribution in [-0.4, -0.2) is 14.9 Å². The highest BCUT2D eigenvalue weighted by molar-refractivity contribution is 6.32. The van der Waals surface area contributed by atoms with Crippen LogP contribution in [0, 0.1) is 0 Å². The first kappa shape index (κ1) is 8.90. The van der Waals surface area contributed by atoms with Gasteiger partial charge in [0.15, 0.2) is 5.15 Å². The van der Waals surface area contributed by atoms with E-state index >= 15 is 0 Å². The van der Waals surface area contributed by atoms with E-state index in [-0.39, 0.29) is 5.75 Å². The van der Waals surface area contributed by atoms with Gasteiger partial charge in [0, 0.05) is 0 Å². The standard InChI is InChI=1S/C9H8ClN3O/c10-9-8(11)5-12-13(9)6-1-3-7(14)4-2-6/h1-5,14H,11H2. The minimum atomic E-state index is 0.199. The predicted molar refractivity (Wildman–Crippen MR) is 54.7 cm³/mol. The van der Waals surface area contributed by atoms with Crippen LogP contribution in [0.15, 0.2) is 30.5 Å². The van der Waals surface area contributed by atoms with Crippen LogP contribution < -0.4 is 5.73 Å². The molecule has 0 saturated carbocycles. The zero-order valence-corrected chi connectivity index (χ0v) is 7.94. The fraction of sp³-hybridized carbons (Fsp3) is 0. The summed E-state index contributed by atoms with van der Waals surface area (Å²) >= 11 is 5.90. The molecule has 0 atom stereocenters. The molecule has 0 aliphatic heterocycles. The number of benzene rings is 1. The largest absolute Gasteiger partial charge is 0.508 e. The smallest absolute Gasteiger partial charge is 0.155 e. The number of phenols is 1. The summed E-state index contributed by atoms with van der Waals surface area (Å²) in [5.41, 5.74) is 6.73. The molecule has 0 fully saturated rings. The zero-order chi connectivity index (χ0) is 10.1. The molecule has 0 saturated heterocycles. The molecule has 0 unspecified atom stereocenters. The van der Waals surface area contributed by atoms with E-state index in [4.69, 9.17) is 22.4 Å². The molecule has 0 spiro atoms. The summed E-state index contributed by atoms with van der Waals surface area (Å²) in [5, 5.41) is 13.5. The fourth-order valence-electron chi connectivity index (χ4n) is 1.12. The zero-order valence-electron chi connectivity index (χ0n) is 7.18. The van der Waals surface area contributed by atoms with Crippen LogP contribution in [0.1, 0.15) is 0 Å². The number of phenolic OH excluding ortho intramolecular Hbond substituents is 1. The molecular weight excluding hydrogens is 202 g/mol. The Hall–Kier alpha value is -1.68. The third-order valence-corrected chi connectivity index (χ3v) is 2.21. The molecule has 2 rings (SSSR count). The van der Waals surface area contributed by atoms with E-state index in [1.807, 2.05) is 0 Å². The minimum absolute atomic E-state index is 0.199. The Morgan fingerprint density at radius 3 is 2.43 bits per heavy atom. The van der Waals surface area contributed by atoms with E-state index in [9.17, 15) is 0 Å². The molecule has 0 bridgehead atoms. The first-order chi connectivity index (χ1) is 6.68. The molecule has 14 heavy (non-hydrogen) atoms. The topological polar surface area (TPSA) is 64.1 Å². The van der Waals surface area contributed by atoms with Gasteiger partial charge in [0.1, 0.15) is 5.75 Å². The summed E-state index contributed by atoms with van der Waals surface area (Å²) in [6.07, 6.45) is 1.48. The van der Waals surface area contributed by atoms with Crippen LogP contribution in [0.4, 0.5) is 5.69 Å². The molecule has 0 aliphatic rings. The van der Waals surface area contributed by atoms with Crippen LogP contribution in [0.2, 0.25) is 5.15 Å². The molecule has 0 aliphatic carbocycles. The normalized spacial score (nSPS) is 10.4. The number of rotatable bonds is 1. The molecule has 1 aromatic carbocycles. The van der Waals surface area contributed by atoms with Crippen molar-refractivity contribution >= 4 is 17.3 Å². The lowest BCUT2D eigenvalue weighted by molar-refractivity contribution is 0.475. The number of anilines is 1. The van der Waals surface area contributed by atoms with Gasteiger partial charge in [-0.25, -0.2) is 4.68 Å². The van der Waals surface area contributed by atoms with Crippen molar-refractivity contribution in [2.24, 2.45) is 0 Å². The fourth-order valence-corrected chi connectivity index (χ4v) is 1.31. The summed E-state index contributed by atoms with van der Waals surface area (Å²) < 4.78 is 1.50. The Morgan fingerprint density at radius 1 is 1.29 bits per heavy atom. The lowest BCUT2D eigenvalue weighted by Crippen LogP contribution is -1.95. The number of nitrogen functional groups attached to an aromatic ring is 1. The van der Waals surface area contributed by atoms with Crippen molar-refractivity contribution in [3.8, 4) is 11.4 Å². The summed E-state index contributed by atoms with van der Waals surface area (Å²) in [4.78, 5) is 0. The van der Waals surface area contributed by atoms with Crippen molar-refractivity contribution in [1.82, 2.24) is 9.78 Å². The van der Waals surface area contributed by atoms with E-state index in [2.05, 4.69) is 5.10 Å². The van der Waals surface area contributed by atoms with Gasteiger partial charge < -0.3 is 10.8 Å². The number of nitrogens with two attached hydrogens (primary N) is 1. The van der Waals surface area contributed by atoms with E-state index < -0.39 is 0 Å². The maximum Gasteiger partial charge on any atom is 0.155 e. The van der Waals surface area contributed by atoms with Gasteiger partial charge >= 0.3 is 0 Å². The van der Waals surface area contributed by atoms with Crippen LogP contribution in [-0.2, 0) is 0 Å². The Bertz CT molecular complexity index is 450. The second-order valence-electron chi connectivity index (χ2n) is 2.82. The third-order valence-electron chi connectivity index (χ3n) is 1.83. The van der Waals surface area contributed by atoms with Crippen LogP contribution in [0.5, 0.6) is 5.75 Å². The third kappa shape index (κ3) is 1.40. The molecule has 2 aromatic rings. The molecule has 72 valence electrons. The second-order valence-corrected chi connectivity index (χ2v) is 3.18. The van der Waals surface area contributed by atoms with Gasteiger partial charge in [-0.05, 0) is 24.3 Å². The molecule has 1 aromatic heterocycles. The van der Waals surface area contributed by atoms with Crippen molar-refractivity contribution in [2.75, 3.05) is 5.73 Å². The highest BCUT2D eigenvalue weighted by atomic mass is 35.5. The lowest BCUT2D eigenvalue weighted by atomic mass is 10.3.